The van der Waals surface area contributed by atoms with Crippen LogP contribution in [-0.4, -0.2) is 0 Å². The number of fused-ring (bicyclic) bond motifs is 3. The van der Waals surface area contributed by atoms with E-state index in [1.165, 1.54) is 33.4 Å². The normalized spacial score (nSPS) is 12.2. The standard InChI is InChI=1S/C63H48N4/c1-43-15-26-51(27-16-43)66(61-35-24-47(41-64)37-57(61)49-11-7-5-8-12-49)53-30-21-45(22-31-53)19-20-46-23-33-55-56-34-32-54(40-60(56)63(3,4)59(55)39-46)67(52-28-17-44(2)18-29-52)62-36-25-48(42-65)38-58(62)50-13-9-6-10-14-50/h5-40H,1-4H3/b20-19+. The maximum atomic E-state index is 9.94. The third kappa shape index (κ3) is 8.19. The molecule has 0 unspecified atom stereocenters. The molecule has 0 saturated heterocycles. The lowest BCUT2D eigenvalue weighted by Crippen LogP contribution is -2.17. The highest BCUT2D eigenvalue weighted by atomic mass is 15.1. The number of aryl methyl sites for hydroxylation is 2. The number of hydrogen-bond acceptors (Lipinski definition) is 4. The number of nitriles is 2. The topological polar surface area (TPSA) is 54.1 Å². The van der Waals surface area contributed by atoms with Crippen molar-refractivity contribution in [3.63, 3.8) is 0 Å². The first-order valence-corrected chi connectivity index (χ1v) is 22.7. The molecule has 0 spiro atoms. The van der Waals surface area contributed by atoms with Gasteiger partial charge < -0.3 is 9.80 Å². The zero-order chi connectivity index (χ0) is 46.1. The molecule has 67 heavy (non-hydrogen) atoms. The summed E-state index contributed by atoms with van der Waals surface area (Å²) >= 11 is 0. The van der Waals surface area contributed by atoms with Gasteiger partial charge in [0.15, 0.2) is 0 Å². The summed E-state index contributed by atoms with van der Waals surface area (Å²) in [5.41, 5.74) is 21.0. The molecule has 0 aromatic heterocycles. The SMILES string of the molecule is Cc1ccc(N(c2ccc(/C=C/c3ccc4c(c3)C(C)(C)c3cc(N(c5ccc(C)cc5)c5ccc(C#N)cc5-c5ccccc5)ccc3-4)cc2)c2ccc(C#N)cc2-c2ccccc2)cc1. The Balaban J connectivity index is 0.971. The summed E-state index contributed by atoms with van der Waals surface area (Å²) in [6, 6.07) is 76.9. The fraction of sp³-hybridized carbons (Fsp3) is 0.0794. The first-order valence-electron chi connectivity index (χ1n) is 22.7. The van der Waals surface area contributed by atoms with Gasteiger partial charge in [0.1, 0.15) is 0 Å². The average Bonchev–Trinajstić information content (AvgIpc) is 3.60. The first kappa shape index (κ1) is 42.3. The van der Waals surface area contributed by atoms with E-state index < -0.39 is 0 Å². The summed E-state index contributed by atoms with van der Waals surface area (Å²) in [6.45, 7) is 8.88. The van der Waals surface area contributed by atoms with Crippen LogP contribution in [0.4, 0.5) is 34.1 Å². The van der Waals surface area contributed by atoms with E-state index in [0.717, 1.165) is 67.5 Å². The van der Waals surface area contributed by atoms with Gasteiger partial charge >= 0.3 is 0 Å². The van der Waals surface area contributed by atoms with E-state index in [2.05, 4.69) is 207 Å². The van der Waals surface area contributed by atoms with Crippen LogP contribution in [0.3, 0.4) is 0 Å². The molecule has 1 aliphatic rings. The highest BCUT2D eigenvalue weighted by Crippen LogP contribution is 2.52. The Morgan fingerprint density at radius 3 is 1.28 bits per heavy atom. The van der Waals surface area contributed by atoms with Crippen molar-refractivity contribution < 1.29 is 0 Å². The zero-order valence-electron chi connectivity index (χ0n) is 38.1. The van der Waals surface area contributed by atoms with Gasteiger partial charge in [0.25, 0.3) is 0 Å². The molecule has 0 saturated carbocycles. The second kappa shape index (κ2) is 17.7. The monoisotopic (exact) mass is 860 g/mol. The summed E-state index contributed by atoms with van der Waals surface area (Å²) in [6.07, 6.45) is 4.40. The van der Waals surface area contributed by atoms with Crippen molar-refractivity contribution in [3.05, 3.63) is 251 Å². The van der Waals surface area contributed by atoms with Crippen LogP contribution in [0.5, 0.6) is 0 Å². The molecule has 1 aliphatic carbocycles. The molecule has 0 atom stereocenters. The number of benzene rings is 9. The quantitative estimate of drug-likeness (QED) is 0.129. The minimum Gasteiger partial charge on any atom is -0.310 e. The zero-order valence-corrected chi connectivity index (χ0v) is 38.1. The summed E-state index contributed by atoms with van der Waals surface area (Å²) < 4.78 is 0. The molecule has 9 aromatic carbocycles. The molecule has 10 rings (SSSR count). The first-order chi connectivity index (χ1) is 32.7. The molecule has 0 N–H and O–H groups in total. The van der Waals surface area contributed by atoms with Crippen molar-refractivity contribution in [1.82, 2.24) is 0 Å². The maximum absolute atomic E-state index is 9.94. The van der Waals surface area contributed by atoms with Gasteiger partial charge in [-0.15, -0.1) is 0 Å². The van der Waals surface area contributed by atoms with Crippen LogP contribution in [0.2, 0.25) is 0 Å². The van der Waals surface area contributed by atoms with Crippen molar-refractivity contribution in [2.24, 2.45) is 0 Å². The fourth-order valence-electron chi connectivity index (χ4n) is 9.45. The molecule has 9 aromatic rings. The molecule has 0 aliphatic heterocycles. The molecular formula is C63H48N4. The predicted molar refractivity (Wildman–Crippen MR) is 279 cm³/mol. The molecule has 4 nitrogen and oxygen atoms in total. The van der Waals surface area contributed by atoms with E-state index in [1.54, 1.807) is 0 Å². The number of hydrogen-bond donors (Lipinski definition) is 0. The minimum atomic E-state index is -0.262. The van der Waals surface area contributed by atoms with E-state index in [1.807, 2.05) is 60.7 Å². The Morgan fingerprint density at radius 1 is 0.388 bits per heavy atom. The van der Waals surface area contributed by atoms with E-state index in [4.69, 9.17) is 0 Å². The second-order valence-electron chi connectivity index (χ2n) is 17.8. The van der Waals surface area contributed by atoms with Gasteiger partial charge in [0.05, 0.1) is 34.6 Å². The number of nitrogens with zero attached hydrogens (tertiary/aromatic N) is 4. The van der Waals surface area contributed by atoms with Crippen LogP contribution in [0.1, 0.15) is 58.4 Å². The van der Waals surface area contributed by atoms with Gasteiger partial charge in [-0.3, -0.25) is 0 Å². The van der Waals surface area contributed by atoms with Gasteiger partial charge in [-0.2, -0.15) is 10.5 Å². The third-order valence-electron chi connectivity index (χ3n) is 13.0. The molecule has 0 heterocycles. The summed E-state index contributed by atoms with van der Waals surface area (Å²) in [5, 5.41) is 19.8. The van der Waals surface area contributed by atoms with Crippen molar-refractivity contribution in [1.29, 1.82) is 10.5 Å². The van der Waals surface area contributed by atoms with Crippen molar-refractivity contribution in [2.45, 2.75) is 33.1 Å². The smallest absolute Gasteiger partial charge is 0.0991 e. The van der Waals surface area contributed by atoms with Crippen molar-refractivity contribution in [2.75, 3.05) is 9.80 Å². The minimum absolute atomic E-state index is 0.262. The van der Waals surface area contributed by atoms with Gasteiger partial charge in [-0.25, -0.2) is 0 Å². The van der Waals surface area contributed by atoms with E-state index in [9.17, 15) is 10.5 Å². The van der Waals surface area contributed by atoms with Gasteiger partial charge in [0.2, 0.25) is 0 Å². The van der Waals surface area contributed by atoms with Gasteiger partial charge in [-0.1, -0.05) is 158 Å². The van der Waals surface area contributed by atoms with Crippen LogP contribution in [-0.2, 0) is 5.41 Å². The molecule has 4 heteroatoms. The largest absolute Gasteiger partial charge is 0.310 e. The average molecular weight is 861 g/mol. The highest BCUT2D eigenvalue weighted by molar-refractivity contribution is 5.92. The Hall–Kier alpha value is -8.70. The molecule has 0 amide bonds. The lowest BCUT2D eigenvalue weighted by molar-refractivity contribution is 0.660. The molecule has 0 bridgehead atoms. The van der Waals surface area contributed by atoms with Crippen LogP contribution in [0, 0.1) is 36.5 Å². The lowest BCUT2D eigenvalue weighted by Gasteiger charge is -2.30. The van der Waals surface area contributed by atoms with E-state index in [-0.39, 0.29) is 5.41 Å². The van der Waals surface area contributed by atoms with E-state index in [0.29, 0.717) is 11.1 Å². The molecule has 0 radical (unpaired) electrons. The lowest BCUT2D eigenvalue weighted by atomic mass is 9.81. The molecule has 320 valence electrons. The van der Waals surface area contributed by atoms with Crippen LogP contribution in [0.15, 0.2) is 206 Å². The Bertz CT molecular complexity index is 3390. The predicted octanol–water partition coefficient (Wildman–Crippen LogP) is 16.8. The molecular weight excluding hydrogens is 813 g/mol. The van der Waals surface area contributed by atoms with Crippen LogP contribution < -0.4 is 9.80 Å². The van der Waals surface area contributed by atoms with Crippen LogP contribution in [0.25, 0.3) is 45.5 Å². The fourth-order valence-corrected chi connectivity index (χ4v) is 9.45. The van der Waals surface area contributed by atoms with Crippen molar-refractivity contribution >= 4 is 46.3 Å². The summed E-state index contributed by atoms with van der Waals surface area (Å²) in [4.78, 5) is 4.60. The number of anilines is 6. The van der Waals surface area contributed by atoms with Gasteiger partial charge in [0, 0.05) is 39.3 Å². The third-order valence-corrected chi connectivity index (χ3v) is 13.0. The number of rotatable bonds is 10. The maximum Gasteiger partial charge on any atom is 0.0991 e. The van der Waals surface area contributed by atoms with Crippen LogP contribution >= 0.6 is 0 Å². The highest BCUT2D eigenvalue weighted by Gasteiger charge is 2.36. The second-order valence-corrected chi connectivity index (χ2v) is 17.8. The Kier molecular flexibility index (Phi) is 11.2. The molecule has 0 fully saturated rings. The van der Waals surface area contributed by atoms with Gasteiger partial charge in [-0.05, 0) is 143 Å². The Labute approximate surface area is 394 Å². The van der Waals surface area contributed by atoms with E-state index >= 15 is 0 Å². The summed E-state index contributed by atoms with van der Waals surface area (Å²) in [7, 11) is 0. The summed E-state index contributed by atoms with van der Waals surface area (Å²) in [5.74, 6) is 0. The van der Waals surface area contributed by atoms with Crippen molar-refractivity contribution in [3.8, 4) is 45.5 Å². The Morgan fingerprint density at radius 2 is 0.791 bits per heavy atom.